The van der Waals surface area contributed by atoms with Crippen LogP contribution >= 0.6 is 11.9 Å². The van der Waals surface area contributed by atoms with E-state index in [4.69, 9.17) is 0 Å². The molecule has 6 heteroatoms. The zero-order valence-corrected chi connectivity index (χ0v) is 21.5. The minimum absolute atomic E-state index is 0.114. The summed E-state index contributed by atoms with van der Waals surface area (Å²) in [4.78, 5) is 23.3. The third-order valence-electron chi connectivity index (χ3n) is 6.78. The number of para-hydroxylation sites is 1. The van der Waals surface area contributed by atoms with Crippen LogP contribution in [0.1, 0.15) is 34.8 Å². The topological polar surface area (TPSA) is 48.5 Å². The van der Waals surface area contributed by atoms with Gasteiger partial charge in [0.05, 0.1) is 10.4 Å². The molecule has 5 rings (SSSR count). The number of fused-ring (bicyclic) bond motifs is 1. The third-order valence-corrected chi connectivity index (χ3v) is 7.66. The Hall–Kier alpha value is -3.35. The lowest BCUT2D eigenvalue weighted by molar-refractivity contribution is 0.0761. The molecule has 1 amide bonds. The highest BCUT2D eigenvalue weighted by Gasteiger charge is 2.21. The van der Waals surface area contributed by atoms with E-state index in [2.05, 4.69) is 64.0 Å². The monoisotopic (exact) mass is 496 g/mol. The highest BCUT2D eigenvalue weighted by atomic mass is 32.2. The molecule has 184 valence electrons. The van der Waals surface area contributed by atoms with E-state index in [1.807, 2.05) is 47.5 Å². The zero-order valence-electron chi connectivity index (χ0n) is 20.7. The first kappa shape index (κ1) is 24.3. The Balaban J connectivity index is 1.17. The number of aromatic nitrogens is 1. The Kier molecular flexibility index (Phi) is 7.84. The lowest BCUT2D eigenvalue weighted by atomic mass is 10.0. The van der Waals surface area contributed by atoms with Gasteiger partial charge in [-0.15, -0.1) is 0 Å². The normalized spacial score (nSPS) is 14.5. The van der Waals surface area contributed by atoms with Crippen molar-refractivity contribution in [1.82, 2.24) is 14.8 Å². The molecule has 0 spiro atoms. The number of nitrogens with zero attached hydrogens (tertiary/aromatic N) is 3. The van der Waals surface area contributed by atoms with Gasteiger partial charge in [0, 0.05) is 55.6 Å². The summed E-state index contributed by atoms with van der Waals surface area (Å²) in [6.45, 7) is 6.65. The fraction of sp³-hybridized carbons (Fsp3) is 0.267. The molecule has 0 radical (unpaired) electrons. The maximum absolute atomic E-state index is 13.2. The summed E-state index contributed by atoms with van der Waals surface area (Å²) in [6, 6.07) is 26.7. The van der Waals surface area contributed by atoms with E-state index in [-0.39, 0.29) is 5.91 Å². The van der Waals surface area contributed by atoms with Crippen LogP contribution in [-0.4, -0.2) is 46.9 Å². The smallest absolute Gasteiger partial charge is 0.253 e. The van der Waals surface area contributed by atoms with Crippen LogP contribution in [0.25, 0.3) is 10.9 Å². The van der Waals surface area contributed by atoms with Crippen LogP contribution in [0.5, 0.6) is 0 Å². The fourth-order valence-electron chi connectivity index (χ4n) is 4.77. The molecule has 1 N–H and O–H groups in total. The molecule has 1 fully saturated rings. The zero-order chi connectivity index (χ0) is 24.7. The molecule has 1 aliphatic rings. The number of nitrogens with one attached hydrogen (secondary N) is 1. The van der Waals surface area contributed by atoms with Crippen molar-refractivity contribution in [2.24, 2.45) is 0 Å². The number of aryl methyl sites for hydroxylation is 1. The van der Waals surface area contributed by atoms with Gasteiger partial charge in [-0.3, -0.25) is 14.7 Å². The van der Waals surface area contributed by atoms with E-state index in [1.165, 1.54) is 23.1 Å². The Labute approximate surface area is 217 Å². The van der Waals surface area contributed by atoms with Crippen molar-refractivity contribution < 1.29 is 4.79 Å². The van der Waals surface area contributed by atoms with Gasteiger partial charge in [-0.2, -0.15) is 0 Å². The van der Waals surface area contributed by atoms with Crippen molar-refractivity contribution in [1.29, 1.82) is 0 Å². The second-order valence-electron chi connectivity index (χ2n) is 9.16. The number of hydrogen-bond acceptors (Lipinski definition) is 5. The molecule has 0 aliphatic carbocycles. The van der Waals surface area contributed by atoms with Crippen LogP contribution < -0.4 is 4.72 Å². The maximum atomic E-state index is 13.2. The van der Waals surface area contributed by atoms with Crippen molar-refractivity contribution in [2.45, 2.75) is 31.2 Å². The molecule has 36 heavy (non-hydrogen) atoms. The van der Waals surface area contributed by atoms with Crippen LogP contribution in [0.15, 0.2) is 90.0 Å². The Morgan fingerprint density at radius 1 is 0.889 bits per heavy atom. The van der Waals surface area contributed by atoms with E-state index in [0.29, 0.717) is 0 Å². The summed E-state index contributed by atoms with van der Waals surface area (Å²) in [5.41, 5.74) is 5.50. The van der Waals surface area contributed by atoms with Crippen LogP contribution in [0, 0.1) is 0 Å². The van der Waals surface area contributed by atoms with Crippen LogP contribution in [0.3, 0.4) is 0 Å². The summed E-state index contributed by atoms with van der Waals surface area (Å²) < 4.78 is 3.39. The van der Waals surface area contributed by atoms with Gasteiger partial charge in [-0.05, 0) is 72.3 Å². The number of carbonyl (C=O) groups excluding carboxylic acids is 1. The Morgan fingerprint density at radius 3 is 2.53 bits per heavy atom. The van der Waals surface area contributed by atoms with Gasteiger partial charge in [0.1, 0.15) is 0 Å². The molecule has 0 bridgehead atoms. The molecule has 0 saturated carbocycles. The van der Waals surface area contributed by atoms with Gasteiger partial charge >= 0.3 is 0 Å². The van der Waals surface area contributed by atoms with Gasteiger partial charge in [-0.25, -0.2) is 0 Å². The molecule has 1 saturated heterocycles. The number of pyridine rings is 1. The van der Waals surface area contributed by atoms with Crippen molar-refractivity contribution in [3.8, 4) is 0 Å². The van der Waals surface area contributed by atoms with E-state index in [9.17, 15) is 4.79 Å². The minimum atomic E-state index is 0.114. The Bertz CT molecular complexity index is 1320. The molecule has 4 aromatic rings. The number of anilines is 1. The summed E-state index contributed by atoms with van der Waals surface area (Å²) in [7, 11) is 0. The van der Waals surface area contributed by atoms with Crippen molar-refractivity contribution >= 4 is 34.4 Å². The molecule has 0 unspecified atom stereocenters. The van der Waals surface area contributed by atoms with E-state index in [1.54, 1.807) is 0 Å². The average Bonchev–Trinajstić information content (AvgIpc) is 3.17. The molecule has 0 atom stereocenters. The van der Waals surface area contributed by atoms with E-state index >= 15 is 0 Å². The molecule has 1 aliphatic heterocycles. The SMILES string of the molecule is CCc1ccccc1CN1CCCN(C(=O)c2ccc(NSc3cccc4cccnc34)cc2)CC1. The van der Waals surface area contributed by atoms with E-state index in [0.717, 1.165) is 72.6 Å². The third kappa shape index (κ3) is 5.72. The van der Waals surface area contributed by atoms with Crippen molar-refractivity contribution in [3.63, 3.8) is 0 Å². The van der Waals surface area contributed by atoms with Gasteiger partial charge in [0.2, 0.25) is 0 Å². The van der Waals surface area contributed by atoms with Crippen LogP contribution in [-0.2, 0) is 13.0 Å². The first-order chi connectivity index (χ1) is 17.7. The quantitative estimate of drug-likeness (QED) is 0.306. The average molecular weight is 497 g/mol. The predicted octanol–water partition coefficient (Wildman–Crippen LogP) is 6.26. The van der Waals surface area contributed by atoms with Gasteiger partial charge in [0.15, 0.2) is 0 Å². The summed E-state index contributed by atoms with van der Waals surface area (Å²) in [6.07, 6.45) is 3.87. The molecule has 5 nitrogen and oxygen atoms in total. The fourth-order valence-corrected chi connectivity index (χ4v) is 5.54. The van der Waals surface area contributed by atoms with Crippen molar-refractivity contribution in [3.05, 3.63) is 102 Å². The van der Waals surface area contributed by atoms with Gasteiger partial charge < -0.3 is 9.62 Å². The number of benzene rings is 3. The summed E-state index contributed by atoms with van der Waals surface area (Å²) >= 11 is 1.54. The second kappa shape index (κ2) is 11.6. The standard InChI is InChI=1S/C30H32N4OS/c1-2-23-8-3-4-9-26(23)22-33-18-7-19-34(21-20-33)30(35)25-13-15-27(16-14-25)32-36-28-12-5-10-24-11-6-17-31-29(24)28/h3-6,8-17,32H,2,7,18-22H2,1H3. The maximum Gasteiger partial charge on any atom is 0.253 e. The first-order valence-electron chi connectivity index (χ1n) is 12.7. The highest BCUT2D eigenvalue weighted by molar-refractivity contribution is 8.00. The van der Waals surface area contributed by atoms with Gasteiger partial charge in [0.25, 0.3) is 5.91 Å². The molecule has 3 aromatic carbocycles. The Morgan fingerprint density at radius 2 is 1.69 bits per heavy atom. The largest absolute Gasteiger partial charge is 0.337 e. The van der Waals surface area contributed by atoms with Crippen LogP contribution in [0.2, 0.25) is 0 Å². The summed E-state index contributed by atoms with van der Waals surface area (Å²) in [5, 5.41) is 1.12. The van der Waals surface area contributed by atoms with Crippen molar-refractivity contribution in [2.75, 3.05) is 30.9 Å². The lowest BCUT2D eigenvalue weighted by Gasteiger charge is -2.23. The van der Waals surface area contributed by atoms with Gasteiger partial charge in [-0.1, -0.05) is 49.4 Å². The molecular formula is C30H32N4OS. The summed E-state index contributed by atoms with van der Waals surface area (Å²) in [5.74, 6) is 0.114. The highest BCUT2D eigenvalue weighted by Crippen LogP contribution is 2.27. The number of carbonyl (C=O) groups is 1. The number of hydrogen-bond donors (Lipinski definition) is 1. The number of amides is 1. The molecule has 2 heterocycles. The predicted molar refractivity (Wildman–Crippen MR) is 149 cm³/mol. The lowest BCUT2D eigenvalue weighted by Crippen LogP contribution is -2.35. The van der Waals surface area contributed by atoms with E-state index < -0.39 is 0 Å². The van der Waals surface area contributed by atoms with Crippen LogP contribution in [0.4, 0.5) is 5.69 Å². The molecular weight excluding hydrogens is 464 g/mol. The number of rotatable bonds is 7. The minimum Gasteiger partial charge on any atom is -0.337 e. The first-order valence-corrected chi connectivity index (χ1v) is 13.5. The second-order valence-corrected chi connectivity index (χ2v) is 10.0. The molecule has 1 aromatic heterocycles.